The summed E-state index contributed by atoms with van der Waals surface area (Å²) in [5.41, 5.74) is 1.59. The van der Waals surface area contributed by atoms with E-state index in [1.807, 2.05) is 34.9 Å². The number of β-lactam (4-membered cyclic amide) rings is 1. The summed E-state index contributed by atoms with van der Waals surface area (Å²) in [4.78, 5) is 39.4. The van der Waals surface area contributed by atoms with Crippen LogP contribution in [-0.2, 0) is 25.7 Å². The summed E-state index contributed by atoms with van der Waals surface area (Å²) in [7, 11) is -0.882. The maximum atomic E-state index is 13.2. The highest BCUT2D eigenvalue weighted by Crippen LogP contribution is 2.48. The van der Waals surface area contributed by atoms with Crippen LogP contribution >= 0.6 is 0 Å². The summed E-state index contributed by atoms with van der Waals surface area (Å²) in [6.45, 7) is 11.0. The van der Waals surface area contributed by atoms with Crippen LogP contribution in [0, 0.1) is 0 Å². The van der Waals surface area contributed by atoms with Crippen LogP contribution < -0.4 is 0 Å². The minimum atomic E-state index is -2.20. The lowest BCUT2D eigenvalue weighted by Crippen LogP contribution is -2.76. The van der Waals surface area contributed by atoms with Crippen molar-refractivity contribution in [3.05, 3.63) is 47.5 Å². The molecule has 0 spiro atoms. The van der Waals surface area contributed by atoms with E-state index in [-0.39, 0.29) is 30.1 Å². The Morgan fingerprint density at radius 1 is 1.17 bits per heavy atom. The lowest BCUT2D eigenvalue weighted by molar-refractivity contribution is -0.144. The predicted octanol–water partition coefficient (Wildman–Crippen LogP) is 3.32. The van der Waals surface area contributed by atoms with Crippen LogP contribution in [0.5, 0.6) is 0 Å². The third-order valence-corrected chi connectivity index (χ3v) is 11.9. The second-order valence-electron chi connectivity index (χ2n) is 9.32. The van der Waals surface area contributed by atoms with Crippen LogP contribution in [0.3, 0.4) is 0 Å². The van der Waals surface area contributed by atoms with Gasteiger partial charge in [-0.1, -0.05) is 64.2 Å². The monoisotopic (exact) mass is 430 g/mol. The molecule has 0 radical (unpaired) electrons. The van der Waals surface area contributed by atoms with Gasteiger partial charge in [0.15, 0.2) is 8.24 Å². The highest BCUT2D eigenvalue weighted by atomic mass is 28.3. The number of hydrogen-bond donors (Lipinski definition) is 0. The zero-order valence-corrected chi connectivity index (χ0v) is 19.5. The Morgan fingerprint density at radius 3 is 2.37 bits per heavy atom. The molecule has 0 unspecified atom stereocenters. The topological polar surface area (TPSA) is 76.1 Å². The molecule has 0 aliphatic carbocycles. The smallest absolute Gasteiger partial charge is 0.411 e. The Kier molecular flexibility index (Phi) is 5.82. The second-order valence-corrected chi connectivity index (χ2v) is 14.4. The van der Waals surface area contributed by atoms with Crippen molar-refractivity contribution in [3.63, 3.8) is 0 Å². The lowest BCUT2D eigenvalue weighted by atomic mass is 9.96. The van der Waals surface area contributed by atoms with Crippen LogP contribution in [0.25, 0.3) is 0 Å². The number of carbonyl (C=O) groups is 3. The van der Waals surface area contributed by atoms with Gasteiger partial charge in [-0.3, -0.25) is 9.69 Å². The van der Waals surface area contributed by atoms with Gasteiger partial charge >= 0.3 is 12.1 Å². The SMILES string of the molecule is COC(=O)/C=C1\CN(C(=O)OCc2ccccc2)[C@@H]2C(=O)N([Si](C)(C)C(C)(C)C)[C@H]12. The van der Waals surface area contributed by atoms with Crippen molar-refractivity contribution in [1.29, 1.82) is 0 Å². The van der Waals surface area contributed by atoms with Gasteiger partial charge < -0.3 is 14.0 Å². The van der Waals surface area contributed by atoms with Crippen LogP contribution in [0.1, 0.15) is 26.3 Å². The van der Waals surface area contributed by atoms with Gasteiger partial charge in [-0.05, 0) is 16.2 Å². The molecule has 0 bridgehead atoms. The summed E-state index contributed by atoms with van der Waals surface area (Å²) in [6.07, 6.45) is 0.861. The van der Waals surface area contributed by atoms with Gasteiger partial charge in [-0.2, -0.15) is 0 Å². The molecule has 2 heterocycles. The number of hydrogen-bond acceptors (Lipinski definition) is 5. The van der Waals surface area contributed by atoms with Gasteiger partial charge in [0.25, 0.3) is 0 Å². The third kappa shape index (κ3) is 3.76. The number of rotatable bonds is 4. The fourth-order valence-electron chi connectivity index (χ4n) is 3.84. The first-order valence-electron chi connectivity index (χ1n) is 10.1. The van der Waals surface area contributed by atoms with E-state index in [1.165, 1.54) is 18.1 Å². The van der Waals surface area contributed by atoms with E-state index >= 15 is 0 Å². The van der Waals surface area contributed by atoms with Crippen molar-refractivity contribution < 1.29 is 23.9 Å². The summed E-state index contributed by atoms with van der Waals surface area (Å²) in [6, 6.07) is 8.45. The minimum Gasteiger partial charge on any atom is -0.466 e. The number of likely N-dealkylation sites (tertiary alicyclic amines) is 1. The molecule has 1 aromatic rings. The van der Waals surface area contributed by atoms with E-state index in [0.717, 1.165) is 5.56 Å². The fourth-order valence-corrected chi connectivity index (χ4v) is 6.25. The fraction of sp³-hybridized carbons (Fsp3) is 0.500. The molecule has 2 saturated heterocycles. The standard InChI is InChI=1S/C22H30N2O5Si/c1-22(2,3)30(5,6)24-18-16(12-17(25)28-4)13-23(19(18)20(24)26)21(27)29-14-15-10-8-7-9-11-15/h7-12,18-19H,13-14H2,1-6H3/b16-12+/t18-,19+/m1/s1. The van der Waals surface area contributed by atoms with Crippen LogP contribution in [-0.4, -0.2) is 61.4 Å². The predicted molar refractivity (Wildman–Crippen MR) is 115 cm³/mol. The molecule has 8 heteroatoms. The normalized spacial score (nSPS) is 22.6. The molecule has 0 N–H and O–H groups in total. The van der Waals surface area contributed by atoms with Gasteiger partial charge in [0.2, 0.25) is 5.91 Å². The summed E-state index contributed by atoms with van der Waals surface area (Å²) >= 11 is 0. The van der Waals surface area contributed by atoms with Gasteiger partial charge in [0.1, 0.15) is 12.6 Å². The van der Waals surface area contributed by atoms with Crippen LogP contribution in [0.4, 0.5) is 4.79 Å². The third-order valence-electron chi connectivity index (χ3n) is 6.52. The summed E-state index contributed by atoms with van der Waals surface area (Å²) in [5.74, 6) is -0.561. The van der Waals surface area contributed by atoms with Gasteiger partial charge in [0, 0.05) is 12.6 Å². The molecule has 2 amide bonds. The maximum absolute atomic E-state index is 13.2. The first kappa shape index (κ1) is 22.1. The number of ether oxygens (including phenoxy) is 2. The molecule has 2 aliphatic rings. The summed E-state index contributed by atoms with van der Waals surface area (Å²) < 4.78 is 12.2. The Morgan fingerprint density at radius 2 is 1.80 bits per heavy atom. The first-order valence-corrected chi connectivity index (χ1v) is 13.0. The number of carbonyl (C=O) groups excluding carboxylic acids is 3. The van der Waals surface area contributed by atoms with Crippen molar-refractivity contribution in [1.82, 2.24) is 9.47 Å². The Bertz CT molecular complexity index is 875. The highest BCUT2D eigenvalue weighted by Gasteiger charge is 2.64. The van der Waals surface area contributed by atoms with E-state index in [1.54, 1.807) is 0 Å². The second kappa shape index (κ2) is 7.90. The molecular weight excluding hydrogens is 400 g/mol. The molecule has 2 aliphatic heterocycles. The zero-order chi connectivity index (χ0) is 22.3. The molecule has 3 rings (SSSR count). The Balaban J connectivity index is 1.85. The molecular formula is C22H30N2O5Si. The minimum absolute atomic E-state index is 0.0642. The molecule has 162 valence electrons. The largest absolute Gasteiger partial charge is 0.466 e. The quantitative estimate of drug-likeness (QED) is 0.317. The number of methoxy groups -OCH3 is 1. The number of esters is 1. The van der Waals surface area contributed by atoms with Crippen molar-refractivity contribution in [3.8, 4) is 0 Å². The molecule has 0 aromatic heterocycles. The van der Waals surface area contributed by atoms with Crippen molar-refractivity contribution >= 4 is 26.2 Å². The van der Waals surface area contributed by atoms with Gasteiger partial charge in [-0.25, -0.2) is 9.59 Å². The number of fused-ring (bicyclic) bond motifs is 1. The highest BCUT2D eigenvalue weighted by molar-refractivity contribution is 6.80. The van der Waals surface area contributed by atoms with Crippen LogP contribution in [0.15, 0.2) is 42.0 Å². The lowest BCUT2D eigenvalue weighted by Gasteiger charge is -2.57. The Hall–Kier alpha value is -2.61. The molecule has 2 atom stereocenters. The molecule has 0 saturated carbocycles. The van der Waals surface area contributed by atoms with Crippen molar-refractivity contribution in [2.24, 2.45) is 0 Å². The van der Waals surface area contributed by atoms with Crippen LogP contribution in [0.2, 0.25) is 18.1 Å². The van der Waals surface area contributed by atoms with E-state index < -0.39 is 26.3 Å². The summed E-state index contributed by atoms with van der Waals surface area (Å²) in [5, 5.41) is -0.0642. The van der Waals surface area contributed by atoms with Gasteiger partial charge in [0.05, 0.1) is 13.2 Å². The number of benzene rings is 1. The van der Waals surface area contributed by atoms with E-state index in [4.69, 9.17) is 9.47 Å². The van der Waals surface area contributed by atoms with Crippen molar-refractivity contribution in [2.45, 2.75) is 57.6 Å². The zero-order valence-electron chi connectivity index (χ0n) is 18.5. The van der Waals surface area contributed by atoms with E-state index in [0.29, 0.717) is 5.57 Å². The van der Waals surface area contributed by atoms with Crippen molar-refractivity contribution in [2.75, 3.05) is 13.7 Å². The van der Waals surface area contributed by atoms with Gasteiger partial charge in [-0.15, -0.1) is 0 Å². The molecule has 7 nitrogen and oxygen atoms in total. The van der Waals surface area contributed by atoms with E-state index in [2.05, 4.69) is 33.9 Å². The number of amides is 2. The molecule has 2 fully saturated rings. The Labute approximate surface area is 178 Å². The maximum Gasteiger partial charge on any atom is 0.411 e. The average molecular weight is 431 g/mol. The number of nitrogens with zero attached hydrogens (tertiary/aromatic N) is 2. The molecule has 30 heavy (non-hydrogen) atoms. The van der Waals surface area contributed by atoms with E-state index in [9.17, 15) is 14.4 Å². The average Bonchev–Trinajstić information content (AvgIpc) is 2.99. The molecule has 1 aromatic carbocycles. The first-order chi connectivity index (χ1) is 14.0.